The van der Waals surface area contributed by atoms with Crippen LogP contribution >= 0.6 is 23.2 Å². The summed E-state index contributed by atoms with van der Waals surface area (Å²) in [6.45, 7) is 2.13. The number of rotatable bonds is 3. The average molecular weight is 364 g/mol. The number of nitrogens with one attached hydrogen (secondary N) is 1. The van der Waals surface area contributed by atoms with Gasteiger partial charge in [-0.3, -0.25) is 9.20 Å². The molecule has 3 N–H and O–H groups in total. The molecule has 1 aromatic carbocycles. The molecular formula is C16H15Cl2N5O. The zero-order chi connectivity index (χ0) is 17.4. The maximum Gasteiger partial charge on any atom is 0.271 e. The summed E-state index contributed by atoms with van der Waals surface area (Å²) >= 11 is 12.4. The Kier molecular flexibility index (Phi) is 4.45. The molecule has 0 aliphatic rings. The minimum absolute atomic E-state index is 0.268. The summed E-state index contributed by atoms with van der Waals surface area (Å²) in [6.07, 6.45) is 1.63. The largest absolute Gasteiger partial charge is 0.354 e. The number of amides is 1. The Morgan fingerprint density at radius 2 is 2.08 bits per heavy atom. The first-order chi connectivity index (χ1) is 11.5. The topological polar surface area (TPSA) is 85.3 Å². The van der Waals surface area contributed by atoms with Crippen LogP contribution in [0.5, 0.6) is 0 Å². The van der Waals surface area contributed by atoms with Crippen LogP contribution in [0.1, 0.15) is 21.7 Å². The molecule has 24 heavy (non-hydrogen) atoms. The smallest absolute Gasteiger partial charge is 0.271 e. The number of carbonyl (C=O) groups is 1. The predicted octanol–water partition coefficient (Wildman–Crippen LogP) is 2.83. The fraction of sp³-hybridized carbons (Fsp3) is 0.188. The van der Waals surface area contributed by atoms with Crippen LogP contribution in [0.3, 0.4) is 0 Å². The number of nitrogens with zero attached hydrogens (tertiary/aromatic N) is 3. The van der Waals surface area contributed by atoms with Gasteiger partial charge in [0.2, 0.25) is 5.78 Å². The number of aryl methyl sites for hydroxylation is 1. The van der Waals surface area contributed by atoms with Crippen LogP contribution in [0.25, 0.3) is 17.0 Å². The highest BCUT2D eigenvalue weighted by Crippen LogP contribution is 2.33. The molecular weight excluding hydrogens is 349 g/mol. The predicted molar refractivity (Wildman–Crippen MR) is 94.5 cm³/mol. The van der Waals surface area contributed by atoms with Crippen molar-refractivity contribution in [2.75, 3.05) is 7.05 Å². The molecule has 3 rings (SSSR count). The zero-order valence-electron chi connectivity index (χ0n) is 13.1. The molecule has 1 amide bonds. The summed E-state index contributed by atoms with van der Waals surface area (Å²) in [5, 5.41) is 3.58. The van der Waals surface area contributed by atoms with E-state index >= 15 is 0 Å². The van der Waals surface area contributed by atoms with E-state index in [9.17, 15) is 4.79 Å². The lowest BCUT2D eigenvalue weighted by Crippen LogP contribution is -2.17. The Bertz CT molecular complexity index is 951. The van der Waals surface area contributed by atoms with Crippen LogP contribution in [0, 0.1) is 6.92 Å². The highest BCUT2D eigenvalue weighted by atomic mass is 35.5. The lowest BCUT2D eigenvalue weighted by atomic mass is 10.0. The molecule has 0 saturated carbocycles. The van der Waals surface area contributed by atoms with E-state index in [0.717, 1.165) is 22.5 Å². The van der Waals surface area contributed by atoms with Crippen molar-refractivity contribution in [2.45, 2.75) is 13.5 Å². The van der Waals surface area contributed by atoms with Gasteiger partial charge in [-0.05, 0) is 25.1 Å². The second-order valence-electron chi connectivity index (χ2n) is 5.23. The quantitative estimate of drug-likeness (QED) is 0.748. The van der Waals surface area contributed by atoms with Crippen LogP contribution in [0.4, 0.5) is 0 Å². The minimum Gasteiger partial charge on any atom is -0.354 e. The van der Waals surface area contributed by atoms with E-state index in [1.165, 1.54) is 0 Å². The molecule has 8 heteroatoms. The third kappa shape index (κ3) is 2.73. The van der Waals surface area contributed by atoms with Crippen LogP contribution in [0.2, 0.25) is 10.0 Å². The van der Waals surface area contributed by atoms with E-state index in [2.05, 4.69) is 15.3 Å². The Balaban J connectivity index is 2.38. The van der Waals surface area contributed by atoms with Crippen molar-refractivity contribution in [3.8, 4) is 11.3 Å². The van der Waals surface area contributed by atoms with Gasteiger partial charge >= 0.3 is 0 Å². The number of imidazole rings is 1. The van der Waals surface area contributed by atoms with Gasteiger partial charge in [0.05, 0.1) is 10.7 Å². The Morgan fingerprint density at radius 3 is 2.71 bits per heavy atom. The van der Waals surface area contributed by atoms with Crippen molar-refractivity contribution in [3.63, 3.8) is 0 Å². The number of aromatic nitrogens is 3. The second-order valence-corrected chi connectivity index (χ2v) is 6.07. The van der Waals surface area contributed by atoms with Gasteiger partial charge in [-0.25, -0.2) is 9.97 Å². The molecule has 3 aromatic rings. The normalized spacial score (nSPS) is 11.0. The lowest BCUT2D eigenvalue weighted by molar-refractivity contribution is 0.0958. The lowest BCUT2D eigenvalue weighted by Gasteiger charge is -2.14. The number of benzene rings is 1. The maximum absolute atomic E-state index is 11.9. The molecule has 0 atom stereocenters. The molecule has 2 aromatic heterocycles. The third-order valence-corrected chi connectivity index (χ3v) is 4.32. The van der Waals surface area contributed by atoms with Crippen molar-refractivity contribution in [2.24, 2.45) is 5.73 Å². The first kappa shape index (κ1) is 16.7. The summed E-state index contributed by atoms with van der Waals surface area (Å²) in [7, 11) is 1.55. The van der Waals surface area contributed by atoms with Gasteiger partial charge in [0.25, 0.3) is 5.91 Å². The number of fused-ring (bicyclic) bond motifs is 1. The molecule has 0 aliphatic carbocycles. The first-order valence-electron chi connectivity index (χ1n) is 7.22. The molecule has 0 bridgehead atoms. The number of nitrogens with two attached hydrogens (primary N) is 1. The van der Waals surface area contributed by atoms with Gasteiger partial charge in [-0.15, -0.1) is 0 Å². The standard InChI is InChI=1S/C16H15Cl2N5O/c1-8-11(6-19)14(10-4-3-9(17)5-12(10)18)23-7-13(15(24)20-2)22-16(23)21-8/h3-5,7H,6,19H2,1-2H3,(H,20,24). The number of hydrogen-bond donors (Lipinski definition) is 2. The van der Waals surface area contributed by atoms with Gasteiger partial charge < -0.3 is 11.1 Å². The Hall–Kier alpha value is -2.15. The first-order valence-corrected chi connectivity index (χ1v) is 7.98. The number of halogens is 2. The summed E-state index contributed by atoms with van der Waals surface area (Å²) < 4.78 is 1.73. The van der Waals surface area contributed by atoms with Gasteiger partial charge in [-0.2, -0.15) is 0 Å². The summed E-state index contributed by atoms with van der Waals surface area (Å²) in [5.41, 5.74) is 9.26. The highest BCUT2D eigenvalue weighted by Gasteiger charge is 2.19. The molecule has 0 aliphatic heterocycles. The molecule has 0 fully saturated rings. The maximum atomic E-state index is 11.9. The molecule has 6 nitrogen and oxygen atoms in total. The monoisotopic (exact) mass is 363 g/mol. The van der Waals surface area contributed by atoms with Crippen molar-refractivity contribution in [1.82, 2.24) is 19.7 Å². The average Bonchev–Trinajstić information content (AvgIpc) is 2.96. The summed E-state index contributed by atoms with van der Waals surface area (Å²) in [4.78, 5) is 20.6. The number of carbonyl (C=O) groups excluding carboxylic acids is 1. The van der Waals surface area contributed by atoms with Crippen molar-refractivity contribution < 1.29 is 4.79 Å². The van der Waals surface area contributed by atoms with E-state index in [-0.39, 0.29) is 18.1 Å². The Morgan fingerprint density at radius 1 is 1.33 bits per heavy atom. The second kappa shape index (κ2) is 6.39. The van der Waals surface area contributed by atoms with Gasteiger partial charge in [0, 0.05) is 41.6 Å². The van der Waals surface area contributed by atoms with Crippen LogP contribution in [-0.2, 0) is 6.54 Å². The molecule has 0 unspecified atom stereocenters. The molecule has 0 saturated heterocycles. The fourth-order valence-electron chi connectivity index (χ4n) is 2.60. The Labute approximate surface area is 148 Å². The zero-order valence-corrected chi connectivity index (χ0v) is 14.6. The van der Waals surface area contributed by atoms with E-state index in [0.29, 0.717) is 15.8 Å². The SMILES string of the molecule is CNC(=O)c1cn2c(-c3ccc(Cl)cc3Cl)c(CN)c(C)nc2n1. The fourth-order valence-corrected chi connectivity index (χ4v) is 3.10. The van der Waals surface area contributed by atoms with E-state index < -0.39 is 0 Å². The number of hydrogen-bond acceptors (Lipinski definition) is 4. The summed E-state index contributed by atoms with van der Waals surface area (Å²) in [5.74, 6) is 0.116. The summed E-state index contributed by atoms with van der Waals surface area (Å²) in [6, 6.07) is 5.23. The molecule has 124 valence electrons. The highest BCUT2D eigenvalue weighted by molar-refractivity contribution is 6.36. The van der Waals surface area contributed by atoms with Crippen LogP contribution in [0.15, 0.2) is 24.4 Å². The van der Waals surface area contributed by atoms with Crippen LogP contribution in [-0.4, -0.2) is 27.3 Å². The van der Waals surface area contributed by atoms with E-state index in [4.69, 9.17) is 28.9 Å². The van der Waals surface area contributed by atoms with Crippen molar-refractivity contribution in [1.29, 1.82) is 0 Å². The molecule has 0 spiro atoms. The minimum atomic E-state index is -0.291. The van der Waals surface area contributed by atoms with E-state index in [1.54, 1.807) is 29.8 Å². The van der Waals surface area contributed by atoms with Gasteiger partial charge in [0.15, 0.2) is 0 Å². The van der Waals surface area contributed by atoms with Crippen molar-refractivity contribution in [3.05, 3.63) is 51.4 Å². The van der Waals surface area contributed by atoms with Crippen molar-refractivity contribution >= 4 is 34.9 Å². The van der Waals surface area contributed by atoms with E-state index in [1.807, 2.05) is 13.0 Å². The van der Waals surface area contributed by atoms with Gasteiger partial charge in [-0.1, -0.05) is 23.2 Å². The third-order valence-electron chi connectivity index (χ3n) is 3.77. The van der Waals surface area contributed by atoms with Gasteiger partial charge in [0.1, 0.15) is 5.69 Å². The molecule has 0 radical (unpaired) electrons. The van der Waals surface area contributed by atoms with Crippen LogP contribution < -0.4 is 11.1 Å². The molecule has 2 heterocycles.